The maximum atomic E-state index is 5.42. The minimum atomic E-state index is -0.208. The fourth-order valence-electron chi connectivity index (χ4n) is 1.28. The van der Waals surface area contributed by atoms with Crippen molar-refractivity contribution in [1.29, 1.82) is 0 Å². The molecule has 0 aromatic carbocycles. The number of alkyl halides is 1. The predicted octanol–water partition coefficient (Wildman–Crippen LogP) is 1.29. The lowest BCUT2D eigenvalue weighted by Gasteiger charge is -2.41. The normalized spacial score (nSPS) is 39.0. The highest BCUT2D eigenvalue weighted by Crippen LogP contribution is 2.44. The summed E-state index contributed by atoms with van der Waals surface area (Å²) in [6.07, 6.45) is 2.24. The van der Waals surface area contributed by atoms with Gasteiger partial charge in [0.15, 0.2) is 5.79 Å². The van der Waals surface area contributed by atoms with Crippen LogP contribution in [0, 0.1) is 0 Å². The van der Waals surface area contributed by atoms with E-state index in [0.717, 1.165) is 19.6 Å². The predicted molar refractivity (Wildman–Crippen MR) is 36.6 cm³/mol. The van der Waals surface area contributed by atoms with E-state index in [-0.39, 0.29) is 5.79 Å². The molecule has 0 amide bonds. The lowest BCUT2D eigenvalue weighted by Crippen LogP contribution is -2.48. The Hall–Kier alpha value is 0.400. The molecule has 0 N–H and O–H groups in total. The molecule has 2 rings (SSSR count). The molecule has 1 unspecified atom stereocenters. The van der Waals surface area contributed by atoms with Crippen LogP contribution in [0.25, 0.3) is 0 Å². The minimum absolute atomic E-state index is 0.208. The second kappa shape index (κ2) is 1.94. The summed E-state index contributed by atoms with van der Waals surface area (Å²) < 4.78 is 10.8. The molecule has 1 heterocycles. The summed E-state index contributed by atoms with van der Waals surface area (Å²) in [5, 5.41) is 0. The fraction of sp³-hybridized carbons (Fsp3) is 1.00. The molecular weight excluding hydrogens is 184 g/mol. The molecule has 2 aliphatic rings. The lowest BCUT2D eigenvalue weighted by molar-refractivity contribution is -0.198. The first-order valence-corrected chi connectivity index (χ1v) is 4.17. The third-order valence-electron chi connectivity index (χ3n) is 2.00. The molecule has 1 saturated carbocycles. The highest BCUT2D eigenvalue weighted by atomic mass is 79.9. The van der Waals surface area contributed by atoms with Gasteiger partial charge in [0.05, 0.1) is 18.0 Å². The number of rotatable bonds is 0. The lowest BCUT2D eigenvalue weighted by atomic mass is 9.91. The molecule has 0 aromatic heterocycles. The summed E-state index contributed by atoms with van der Waals surface area (Å²) >= 11 is 3.49. The van der Waals surface area contributed by atoms with Crippen LogP contribution in [0.5, 0.6) is 0 Å². The van der Waals surface area contributed by atoms with E-state index in [1.807, 2.05) is 0 Å². The van der Waals surface area contributed by atoms with Gasteiger partial charge in [0.2, 0.25) is 0 Å². The van der Waals surface area contributed by atoms with Gasteiger partial charge in [0.25, 0.3) is 0 Å². The summed E-state index contributed by atoms with van der Waals surface area (Å²) in [6, 6.07) is 0. The van der Waals surface area contributed by atoms with Crippen molar-refractivity contribution < 1.29 is 9.47 Å². The second-order valence-electron chi connectivity index (χ2n) is 2.51. The molecule has 9 heavy (non-hydrogen) atoms. The summed E-state index contributed by atoms with van der Waals surface area (Å²) in [5.41, 5.74) is 0. The molecule has 52 valence electrons. The Morgan fingerprint density at radius 3 is 2.22 bits per heavy atom. The van der Waals surface area contributed by atoms with Crippen LogP contribution in [0.1, 0.15) is 12.8 Å². The van der Waals surface area contributed by atoms with Gasteiger partial charge in [-0.05, 0) is 6.42 Å². The van der Waals surface area contributed by atoms with E-state index in [1.165, 1.54) is 6.42 Å². The molecule has 0 bridgehead atoms. The first kappa shape index (κ1) is 6.13. The zero-order valence-corrected chi connectivity index (χ0v) is 6.69. The van der Waals surface area contributed by atoms with E-state index in [0.29, 0.717) is 4.83 Å². The van der Waals surface area contributed by atoms with Crippen molar-refractivity contribution in [3.63, 3.8) is 0 Å². The molecule has 1 aliphatic heterocycles. The van der Waals surface area contributed by atoms with E-state index < -0.39 is 0 Å². The Bertz CT molecular complexity index is 120. The van der Waals surface area contributed by atoms with Crippen LogP contribution in [0.2, 0.25) is 0 Å². The van der Waals surface area contributed by atoms with E-state index in [1.54, 1.807) is 0 Å². The van der Waals surface area contributed by atoms with Crippen molar-refractivity contribution in [3.8, 4) is 0 Å². The largest absolute Gasteiger partial charge is 0.346 e. The molecule has 1 saturated heterocycles. The van der Waals surface area contributed by atoms with E-state index >= 15 is 0 Å². The smallest absolute Gasteiger partial charge is 0.181 e. The van der Waals surface area contributed by atoms with Gasteiger partial charge in [-0.3, -0.25) is 0 Å². The molecule has 0 radical (unpaired) electrons. The van der Waals surface area contributed by atoms with Gasteiger partial charge in [0, 0.05) is 6.42 Å². The monoisotopic (exact) mass is 192 g/mol. The zero-order valence-electron chi connectivity index (χ0n) is 5.10. The summed E-state index contributed by atoms with van der Waals surface area (Å²) in [6.45, 7) is 1.53. The first-order chi connectivity index (χ1) is 4.33. The molecule has 2 fully saturated rings. The molecule has 2 nitrogen and oxygen atoms in total. The van der Waals surface area contributed by atoms with E-state index in [4.69, 9.17) is 9.47 Å². The van der Waals surface area contributed by atoms with Crippen LogP contribution < -0.4 is 0 Å². The average molecular weight is 193 g/mol. The average Bonchev–Trinajstić information content (AvgIpc) is 2.34. The van der Waals surface area contributed by atoms with E-state index in [9.17, 15) is 0 Å². The first-order valence-electron chi connectivity index (χ1n) is 3.25. The van der Waals surface area contributed by atoms with Gasteiger partial charge in [-0.1, -0.05) is 15.9 Å². The molecule has 3 heteroatoms. The van der Waals surface area contributed by atoms with Crippen LogP contribution in [0.3, 0.4) is 0 Å². The molecule has 1 spiro atoms. The number of halogens is 1. The van der Waals surface area contributed by atoms with Crippen molar-refractivity contribution in [1.82, 2.24) is 0 Å². The minimum Gasteiger partial charge on any atom is -0.346 e. The topological polar surface area (TPSA) is 18.5 Å². The van der Waals surface area contributed by atoms with Crippen LogP contribution >= 0.6 is 15.9 Å². The third kappa shape index (κ3) is 0.751. The van der Waals surface area contributed by atoms with Crippen molar-refractivity contribution in [2.75, 3.05) is 13.2 Å². The zero-order chi connectivity index (χ0) is 6.32. The number of hydrogen-bond acceptors (Lipinski definition) is 2. The van der Waals surface area contributed by atoms with Crippen LogP contribution in [-0.4, -0.2) is 23.8 Å². The third-order valence-corrected chi connectivity index (χ3v) is 3.15. The van der Waals surface area contributed by atoms with Gasteiger partial charge in [-0.2, -0.15) is 0 Å². The van der Waals surface area contributed by atoms with Crippen LogP contribution in [0.4, 0.5) is 0 Å². The Morgan fingerprint density at radius 2 is 2.00 bits per heavy atom. The Morgan fingerprint density at radius 1 is 1.33 bits per heavy atom. The van der Waals surface area contributed by atoms with Crippen LogP contribution in [0.15, 0.2) is 0 Å². The molecule has 1 aliphatic carbocycles. The van der Waals surface area contributed by atoms with Crippen molar-refractivity contribution >= 4 is 15.9 Å². The SMILES string of the molecule is BrC1CCC12OCCO2. The van der Waals surface area contributed by atoms with Gasteiger partial charge >= 0.3 is 0 Å². The standard InChI is InChI=1S/C6H9BrO2/c7-5-1-2-6(5)8-3-4-9-6/h5H,1-4H2. The molecule has 0 aromatic rings. The number of ether oxygens (including phenoxy) is 2. The molecular formula is C6H9BrO2. The van der Waals surface area contributed by atoms with Gasteiger partial charge in [-0.25, -0.2) is 0 Å². The highest BCUT2D eigenvalue weighted by Gasteiger charge is 2.50. The Labute approximate surface area is 62.6 Å². The second-order valence-corrected chi connectivity index (χ2v) is 3.62. The Kier molecular flexibility index (Phi) is 1.32. The van der Waals surface area contributed by atoms with Crippen molar-refractivity contribution in [2.45, 2.75) is 23.5 Å². The molecule has 1 atom stereocenters. The van der Waals surface area contributed by atoms with Crippen LogP contribution in [-0.2, 0) is 9.47 Å². The van der Waals surface area contributed by atoms with Crippen molar-refractivity contribution in [3.05, 3.63) is 0 Å². The van der Waals surface area contributed by atoms with Gasteiger partial charge < -0.3 is 9.47 Å². The fourth-order valence-corrected chi connectivity index (χ4v) is 2.01. The highest BCUT2D eigenvalue weighted by molar-refractivity contribution is 9.09. The van der Waals surface area contributed by atoms with Gasteiger partial charge in [0.1, 0.15) is 0 Å². The summed E-state index contributed by atoms with van der Waals surface area (Å²) in [4.78, 5) is 0.437. The van der Waals surface area contributed by atoms with Gasteiger partial charge in [-0.15, -0.1) is 0 Å². The maximum absolute atomic E-state index is 5.42. The van der Waals surface area contributed by atoms with Crippen molar-refractivity contribution in [2.24, 2.45) is 0 Å². The van der Waals surface area contributed by atoms with E-state index in [2.05, 4.69) is 15.9 Å². The quantitative estimate of drug-likeness (QED) is 0.539. The summed E-state index contributed by atoms with van der Waals surface area (Å²) in [7, 11) is 0. The summed E-state index contributed by atoms with van der Waals surface area (Å²) in [5.74, 6) is -0.208. The maximum Gasteiger partial charge on any atom is 0.181 e. The Balaban J connectivity index is 2.06. The number of hydrogen-bond donors (Lipinski definition) is 0.